The minimum Gasteiger partial charge on any atom is -0.381 e. The summed E-state index contributed by atoms with van der Waals surface area (Å²) in [5, 5.41) is 1.11. The third-order valence-electron chi connectivity index (χ3n) is 7.13. The SMILES string of the molecule is CC1(C)C(C(=O)c2cn(CC3CCOCC3)c3ccccc23)C1(C)C. The van der Waals surface area contributed by atoms with Crippen molar-refractivity contribution in [3.8, 4) is 0 Å². The highest BCUT2D eigenvalue weighted by Crippen LogP contribution is 2.69. The van der Waals surface area contributed by atoms with Gasteiger partial charge in [-0.3, -0.25) is 4.79 Å². The summed E-state index contributed by atoms with van der Waals surface area (Å²) in [4.78, 5) is 13.3. The molecular weight excluding hydrogens is 310 g/mol. The van der Waals surface area contributed by atoms with Crippen LogP contribution in [-0.4, -0.2) is 23.6 Å². The Labute approximate surface area is 150 Å². The topological polar surface area (TPSA) is 31.2 Å². The van der Waals surface area contributed by atoms with Gasteiger partial charge in [0.1, 0.15) is 0 Å². The zero-order valence-corrected chi connectivity index (χ0v) is 15.8. The molecule has 2 aliphatic rings. The first-order valence-corrected chi connectivity index (χ1v) is 9.54. The Hall–Kier alpha value is -1.61. The molecule has 1 aromatic heterocycles. The summed E-state index contributed by atoms with van der Waals surface area (Å²) in [6, 6.07) is 8.36. The molecule has 0 unspecified atom stereocenters. The fraction of sp³-hybridized carbons (Fsp3) is 0.591. The molecular formula is C22H29NO2. The molecule has 0 radical (unpaired) electrons. The molecule has 134 valence electrons. The normalized spacial score (nSPS) is 23.0. The summed E-state index contributed by atoms with van der Waals surface area (Å²) in [5.74, 6) is 1.07. The van der Waals surface area contributed by atoms with Crippen LogP contribution in [0.4, 0.5) is 0 Å². The third-order valence-corrected chi connectivity index (χ3v) is 7.13. The first-order chi connectivity index (χ1) is 11.8. The van der Waals surface area contributed by atoms with E-state index in [0.29, 0.717) is 11.7 Å². The Bertz CT molecular complexity index is 795. The van der Waals surface area contributed by atoms with Crippen molar-refractivity contribution in [1.82, 2.24) is 4.57 Å². The Morgan fingerprint density at radius 2 is 1.76 bits per heavy atom. The van der Waals surface area contributed by atoms with Crippen LogP contribution < -0.4 is 0 Å². The average Bonchev–Trinajstić information content (AvgIpc) is 2.86. The van der Waals surface area contributed by atoms with Gasteiger partial charge in [0.05, 0.1) is 0 Å². The maximum Gasteiger partial charge on any atom is 0.169 e. The summed E-state index contributed by atoms with van der Waals surface area (Å²) in [6.45, 7) is 11.6. The van der Waals surface area contributed by atoms with Crippen LogP contribution in [0.25, 0.3) is 10.9 Å². The number of para-hydroxylation sites is 1. The third kappa shape index (κ3) is 2.55. The average molecular weight is 339 g/mol. The second-order valence-corrected chi connectivity index (χ2v) is 9.01. The molecule has 1 aliphatic carbocycles. The van der Waals surface area contributed by atoms with Crippen molar-refractivity contribution >= 4 is 16.7 Å². The van der Waals surface area contributed by atoms with Crippen molar-refractivity contribution in [3.05, 3.63) is 36.0 Å². The molecule has 25 heavy (non-hydrogen) atoms. The van der Waals surface area contributed by atoms with E-state index < -0.39 is 0 Å². The van der Waals surface area contributed by atoms with Gasteiger partial charge in [-0.05, 0) is 35.7 Å². The summed E-state index contributed by atoms with van der Waals surface area (Å²) >= 11 is 0. The van der Waals surface area contributed by atoms with Gasteiger partial charge in [-0.2, -0.15) is 0 Å². The number of Topliss-reactive ketones (excluding diaryl/α,β-unsaturated/α-hetero) is 1. The minimum atomic E-state index is 0.0774. The van der Waals surface area contributed by atoms with Gasteiger partial charge in [0.15, 0.2) is 5.78 Å². The Morgan fingerprint density at radius 1 is 1.12 bits per heavy atom. The lowest BCUT2D eigenvalue weighted by atomic mass is 10.0. The van der Waals surface area contributed by atoms with Crippen LogP contribution in [0.3, 0.4) is 0 Å². The number of hydrogen-bond donors (Lipinski definition) is 0. The van der Waals surface area contributed by atoms with Gasteiger partial charge in [0, 0.05) is 48.3 Å². The van der Waals surface area contributed by atoms with Crippen LogP contribution in [0.2, 0.25) is 0 Å². The van der Waals surface area contributed by atoms with Crippen LogP contribution >= 0.6 is 0 Å². The quantitative estimate of drug-likeness (QED) is 0.739. The number of fused-ring (bicyclic) bond motifs is 1. The van der Waals surface area contributed by atoms with Crippen LogP contribution in [0.15, 0.2) is 30.5 Å². The molecule has 1 aliphatic heterocycles. The maximum atomic E-state index is 13.3. The molecule has 3 nitrogen and oxygen atoms in total. The molecule has 1 saturated heterocycles. The van der Waals surface area contributed by atoms with Gasteiger partial charge in [-0.15, -0.1) is 0 Å². The fourth-order valence-electron chi connectivity index (χ4n) is 4.81. The second-order valence-electron chi connectivity index (χ2n) is 9.01. The number of rotatable bonds is 4. The van der Waals surface area contributed by atoms with Gasteiger partial charge in [0.25, 0.3) is 0 Å². The molecule has 2 fully saturated rings. The van der Waals surface area contributed by atoms with E-state index in [9.17, 15) is 4.79 Å². The first kappa shape index (κ1) is 16.8. The zero-order valence-electron chi connectivity index (χ0n) is 15.8. The van der Waals surface area contributed by atoms with Crippen LogP contribution in [0, 0.1) is 22.7 Å². The fourth-order valence-corrected chi connectivity index (χ4v) is 4.81. The van der Waals surface area contributed by atoms with E-state index in [0.717, 1.165) is 43.5 Å². The Morgan fingerprint density at radius 3 is 2.40 bits per heavy atom. The van der Waals surface area contributed by atoms with E-state index >= 15 is 0 Å². The van der Waals surface area contributed by atoms with Crippen molar-refractivity contribution in [3.63, 3.8) is 0 Å². The molecule has 1 aromatic carbocycles. The molecule has 0 N–H and O–H groups in total. The molecule has 2 heterocycles. The highest BCUT2D eigenvalue weighted by atomic mass is 16.5. The van der Waals surface area contributed by atoms with Crippen LogP contribution in [0.1, 0.15) is 50.9 Å². The van der Waals surface area contributed by atoms with E-state index in [-0.39, 0.29) is 16.7 Å². The standard InChI is InChI=1S/C22H29NO2/c1-21(2)20(22(21,3)4)19(24)17-14-23(13-15-9-11-25-12-10-15)18-8-6-5-7-16(17)18/h5-8,14-15,20H,9-13H2,1-4H3. The number of nitrogens with zero attached hydrogens (tertiary/aromatic N) is 1. The van der Waals surface area contributed by atoms with Gasteiger partial charge >= 0.3 is 0 Å². The number of carbonyl (C=O) groups is 1. The van der Waals surface area contributed by atoms with Gasteiger partial charge < -0.3 is 9.30 Å². The number of ketones is 1. The molecule has 3 heteroatoms. The van der Waals surface area contributed by atoms with E-state index in [1.807, 2.05) is 6.07 Å². The number of benzene rings is 1. The monoisotopic (exact) mass is 339 g/mol. The molecule has 0 spiro atoms. The van der Waals surface area contributed by atoms with E-state index in [1.165, 1.54) is 5.52 Å². The van der Waals surface area contributed by atoms with Gasteiger partial charge in [0.2, 0.25) is 0 Å². The number of aromatic nitrogens is 1. The smallest absolute Gasteiger partial charge is 0.169 e. The first-order valence-electron chi connectivity index (χ1n) is 9.54. The minimum absolute atomic E-state index is 0.0774. The molecule has 1 saturated carbocycles. The lowest BCUT2D eigenvalue weighted by molar-refractivity contribution is 0.0616. The maximum absolute atomic E-state index is 13.3. The highest BCUT2D eigenvalue weighted by molar-refractivity contribution is 6.11. The molecule has 0 bridgehead atoms. The summed E-state index contributed by atoms with van der Waals surface area (Å²) in [5.41, 5.74) is 2.25. The van der Waals surface area contributed by atoms with E-state index in [2.05, 4.69) is 56.7 Å². The van der Waals surface area contributed by atoms with Crippen molar-refractivity contribution in [2.75, 3.05) is 13.2 Å². The summed E-state index contributed by atoms with van der Waals surface area (Å²) in [7, 11) is 0. The summed E-state index contributed by atoms with van der Waals surface area (Å²) in [6.07, 6.45) is 4.34. The predicted molar refractivity (Wildman–Crippen MR) is 101 cm³/mol. The van der Waals surface area contributed by atoms with E-state index in [4.69, 9.17) is 4.74 Å². The molecule has 2 aromatic rings. The predicted octanol–water partition coefficient (Wildman–Crippen LogP) is 4.93. The van der Waals surface area contributed by atoms with Gasteiger partial charge in [-0.1, -0.05) is 45.9 Å². The lowest BCUT2D eigenvalue weighted by Gasteiger charge is -2.22. The van der Waals surface area contributed by atoms with E-state index in [1.54, 1.807) is 0 Å². The second kappa shape index (κ2) is 5.70. The van der Waals surface area contributed by atoms with Crippen molar-refractivity contribution in [1.29, 1.82) is 0 Å². The number of ether oxygens (including phenoxy) is 1. The van der Waals surface area contributed by atoms with Gasteiger partial charge in [-0.25, -0.2) is 0 Å². The van der Waals surface area contributed by atoms with Crippen molar-refractivity contribution in [2.24, 2.45) is 22.7 Å². The van der Waals surface area contributed by atoms with Crippen molar-refractivity contribution < 1.29 is 9.53 Å². The molecule has 0 amide bonds. The highest BCUT2D eigenvalue weighted by Gasteiger charge is 2.68. The Balaban J connectivity index is 1.69. The Kier molecular flexibility index (Phi) is 3.84. The van der Waals surface area contributed by atoms with Crippen LogP contribution in [-0.2, 0) is 11.3 Å². The largest absolute Gasteiger partial charge is 0.381 e. The van der Waals surface area contributed by atoms with Crippen molar-refractivity contribution in [2.45, 2.75) is 47.1 Å². The number of hydrogen-bond acceptors (Lipinski definition) is 2. The molecule has 0 atom stereocenters. The number of carbonyl (C=O) groups excluding carboxylic acids is 1. The van der Waals surface area contributed by atoms with Crippen LogP contribution in [0.5, 0.6) is 0 Å². The lowest BCUT2D eigenvalue weighted by Crippen LogP contribution is -2.20. The molecule has 4 rings (SSSR count). The zero-order chi connectivity index (χ0) is 17.8. The summed E-state index contributed by atoms with van der Waals surface area (Å²) < 4.78 is 7.80.